The molecule has 1 saturated heterocycles. The Bertz CT molecular complexity index is 916. The lowest BCUT2D eigenvalue weighted by Crippen LogP contribution is -2.43. The van der Waals surface area contributed by atoms with E-state index < -0.39 is 0 Å². The summed E-state index contributed by atoms with van der Waals surface area (Å²) in [5.74, 6) is 0.0100. The Morgan fingerprint density at radius 1 is 1.11 bits per heavy atom. The average Bonchev–Trinajstić information content (AvgIpc) is 3.06. The molecule has 1 amide bonds. The van der Waals surface area contributed by atoms with Crippen LogP contribution in [0.3, 0.4) is 0 Å². The van der Waals surface area contributed by atoms with Gasteiger partial charge in [0, 0.05) is 24.3 Å². The Morgan fingerprint density at radius 3 is 2.56 bits per heavy atom. The van der Waals surface area contributed by atoms with Crippen LogP contribution >= 0.6 is 11.3 Å². The number of aryl methyl sites for hydroxylation is 1. The highest BCUT2D eigenvalue weighted by molar-refractivity contribution is 7.21. The second-order valence-electron chi connectivity index (χ2n) is 6.90. The van der Waals surface area contributed by atoms with Gasteiger partial charge in [-0.2, -0.15) is 0 Å². The molecule has 1 aromatic heterocycles. The number of fused-ring (bicyclic) bond motifs is 1. The van der Waals surface area contributed by atoms with Gasteiger partial charge in [-0.25, -0.2) is 0 Å². The first-order valence-corrected chi connectivity index (χ1v) is 10.2. The van der Waals surface area contributed by atoms with Gasteiger partial charge in [-0.3, -0.25) is 9.69 Å². The minimum absolute atomic E-state index is 0.0100. The zero-order valence-electron chi connectivity index (χ0n) is 15.5. The molecule has 4 rings (SSSR count). The molecule has 2 heterocycles. The molecule has 1 aliphatic heterocycles. The first-order valence-electron chi connectivity index (χ1n) is 9.36. The third-order valence-electron chi connectivity index (χ3n) is 5.10. The van der Waals surface area contributed by atoms with Crippen molar-refractivity contribution in [1.82, 2.24) is 10.2 Å². The normalized spacial score (nSPS) is 16.3. The Balaban J connectivity index is 1.58. The maximum Gasteiger partial charge on any atom is 0.262 e. The van der Waals surface area contributed by atoms with E-state index in [2.05, 4.69) is 34.5 Å². The summed E-state index contributed by atoms with van der Waals surface area (Å²) in [4.78, 5) is 16.3. The van der Waals surface area contributed by atoms with Gasteiger partial charge in [-0.15, -0.1) is 11.3 Å². The van der Waals surface area contributed by atoms with Crippen LogP contribution in [0.15, 0.2) is 54.6 Å². The fourth-order valence-electron chi connectivity index (χ4n) is 3.58. The molecule has 140 valence electrons. The van der Waals surface area contributed by atoms with Crippen molar-refractivity contribution in [3.63, 3.8) is 0 Å². The van der Waals surface area contributed by atoms with Crippen molar-refractivity contribution in [3.05, 3.63) is 70.6 Å². The fourth-order valence-corrected chi connectivity index (χ4v) is 4.69. The number of benzene rings is 2. The van der Waals surface area contributed by atoms with Gasteiger partial charge in [0.1, 0.15) is 0 Å². The molecule has 4 nitrogen and oxygen atoms in total. The molecule has 0 spiro atoms. The summed E-state index contributed by atoms with van der Waals surface area (Å²) in [5.41, 5.74) is 2.20. The number of hydrogen-bond acceptors (Lipinski definition) is 4. The molecule has 0 aliphatic carbocycles. The van der Waals surface area contributed by atoms with Gasteiger partial charge < -0.3 is 10.1 Å². The lowest BCUT2D eigenvalue weighted by molar-refractivity contribution is 0.0332. The van der Waals surface area contributed by atoms with E-state index >= 15 is 0 Å². The van der Waals surface area contributed by atoms with E-state index in [1.807, 2.05) is 37.3 Å². The van der Waals surface area contributed by atoms with E-state index in [-0.39, 0.29) is 11.9 Å². The van der Waals surface area contributed by atoms with Crippen LogP contribution in [0.2, 0.25) is 0 Å². The third-order valence-corrected chi connectivity index (χ3v) is 6.37. The molecule has 0 saturated carbocycles. The smallest absolute Gasteiger partial charge is 0.262 e. The topological polar surface area (TPSA) is 41.6 Å². The van der Waals surface area contributed by atoms with Gasteiger partial charge in [0.05, 0.1) is 24.1 Å². The Kier molecular flexibility index (Phi) is 5.53. The summed E-state index contributed by atoms with van der Waals surface area (Å²) in [7, 11) is 0. The number of rotatable bonds is 5. The molecule has 2 aromatic carbocycles. The van der Waals surface area contributed by atoms with E-state index in [0.29, 0.717) is 0 Å². The number of carbonyl (C=O) groups excluding carboxylic acids is 1. The molecule has 0 bridgehead atoms. The molecule has 0 radical (unpaired) electrons. The molecule has 1 N–H and O–H groups in total. The van der Waals surface area contributed by atoms with Gasteiger partial charge >= 0.3 is 0 Å². The Labute approximate surface area is 163 Å². The number of thiophene rings is 1. The number of nitrogens with zero attached hydrogens (tertiary/aromatic N) is 1. The van der Waals surface area contributed by atoms with Gasteiger partial charge in [0.2, 0.25) is 0 Å². The summed E-state index contributed by atoms with van der Waals surface area (Å²) in [6.45, 7) is 6.15. The molecular weight excluding hydrogens is 356 g/mol. The van der Waals surface area contributed by atoms with Crippen LogP contribution in [-0.2, 0) is 4.74 Å². The molecule has 1 atom stereocenters. The van der Waals surface area contributed by atoms with Crippen LogP contribution in [0.25, 0.3) is 10.1 Å². The Hall–Kier alpha value is -2.21. The van der Waals surface area contributed by atoms with Crippen molar-refractivity contribution >= 4 is 27.3 Å². The van der Waals surface area contributed by atoms with Crippen LogP contribution in [0, 0.1) is 6.92 Å². The number of amides is 1. The van der Waals surface area contributed by atoms with E-state index in [9.17, 15) is 4.79 Å². The van der Waals surface area contributed by atoms with Gasteiger partial charge in [-0.05, 0) is 29.5 Å². The highest BCUT2D eigenvalue weighted by atomic mass is 32.1. The zero-order valence-corrected chi connectivity index (χ0v) is 16.3. The van der Waals surface area contributed by atoms with E-state index in [1.54, 1.807) is 11.3 Å². The highest BCUT2D eigenvalue weighted by Crippen LogP contribution is 2.31. The molecule has 1 fully saturated rings. The summed E-state index contributed by atoms with van der Waals surface area (Å²) in [6, 6.07) is 18.4. The van der Waals surface area contributed by atoms with Crippen LogP contribution in [0.5, 0.6) is 0 Å². The van der Waals surface area contributed by atoms with Crippen molar-refractivity contribution in [1.29, 1.82) is 0 Å². The van der Waals surface area contributed by atoms with Crippen LogP contribution in [-0.4, -0.2) is 43.7 Å². The van der Waals surface area contributed by atoms with Crippen LogP contribution < -0.4 is 5.32 Å². The molecular formula is C22H24N2O2S. The van der Waals surface area contributed by atoms with Crippen molar-refractivity contribution in [2.75, 3.05) is 32.8 Å². The number of carbonyl (C=O) groups is 1. The lowest BCUT2D eigenvalue weighted by Gasteiger charge is -2.31. The zero-order chi connectivity index (χ0) is 18.6. The number of ether oxygens (including phenoxy) is 1. The number of morpholine rings is 1. The molecule has 1 aliphatic rings. The first-order chi connectivity index (χ1) is 13.2. The molecule has 3 aromatic rings. The molecule has 27 heavy (non-hydrogen) atoms. The monoisotopic (exact) mass is 380 g/mol. The maximum atomic E-state index is 13.1. The lowest BCUT2D eigenvalue weighted by atomic mass is 10.1. The Morgan fingerprint density at radius 2 is 1.81 bits per heavy atom. The van der Waals surface area contributed by atoms with Crippen molar-refractivity contribution in [2.45, 2.75) is 13.0 Å². The maximum absolute atomic E-state index is 13.1. The number of hydrogen-bond donors (Lipinski definition) is 1. The van der Waals surface area contributed by atoms with E-state index in [0.717, 1.165) is 58.9 Å². The standard InChI is InChI=1S/C22H24N2O2S/c1-16-18-9-5-6-10-20(18)27-21(16)22(25)23-19(17-7-3-2-4-8-17)15-24-11-13-26-14-12-24/h2-10,19H,11-15H2,1H3,(H,23,25). The highest BCUT2D eigenvalue weighted by Gasteiger charge is 2.23. The van der Waals surface area contributed by atoms with Crippen LogP contribution in [0.4, 0.5) is 0 Å². The fraction of sp³-hybridized carbons (Fsp3) is 0.318. The molecule has 5 heteroatoms. The van der Waals surface area contributed by atoms with Gasteiger partial charge in [0.25, 0.3) is 5.91 Å². The largest absolute Gasteiger partial charge is 0.379 e. The predicted octanol–water partition coefficient (Wildman–Crippen LogP) is 4.01. The van der Waals surface area contributed by atoms with Gasteiger partial charge in [0.15, 0.2) is 0 Å². The first kappa shape index (κ1) is 18.2. The summed E-state index contributed by atoms with van der Waals surface area (Å²) < 4.78 is 6.62. The minimum atomic E-state index is -0.0404. The quantitative estimate of drug-likeness (QED) is 0.727. The number of nitrogens with one attached hydrogen (secondary N) is 1. The van der Waals surface area contributed by atoms with E-state index in [4.69, 9.17) is 4.74 Å². The SMILES string of the molecule is Cc1c(C(=O)NC(CN2CCOCC2)c2ccccc2)sc2ccccc12. The minimum Gasteiger partial charge on any atom is -0.379 e. The third kappa shape index (κ3) is 4.05. The predicted molar refractivity (Wildman–Crippen MR) is 110 cm³/mol. The summed E-state index contributed by atoms with van der Waals surface area (Å²) in [6.07, 6.45) is 0. The second-order valence-corrected chi connectivity index (χ2v) is 7.95. The van der Waals surface area contributed by atoms with E-state index in [1.165, 1.54) is 0 Å². The van der Waals surface area contributed by atoms with Gasteiger partial charge in [-0.1, -0.05) is 48.5 Å². The summed E-state index contributed by atoms with van der Waals surface area (Å²) in [5, 5.41) is 4.45. The molecule has 1 unspecified atom stereocenters. The average molecular weight is 381 g/mol. The summed E-state index contributed by atoms with van der Waals surface area (Å²) >= 11 is 1.57. The second kappa shape index (κ2) is 8.21. The van der Waals surface area contributed by atoms with Crippen molar-refractivity contribution in [3.8, 4) is 0 Å². The van der Waals surface area contributed by atoms with Crippen molar-refractivity contribution in [2.24, 2.45) is 0 Å². The van der Waals surface area contributed by atoms with Crippen molar-refractivity contribution < 1.29 is 9.53 Å². The van der Waals surface area contributed by atoms with Crippen LogP contribution in [0.1, 0.15) is 26.8 Å².